The Bertz CT molecular complexity index is 358. The minimum absolute atomic E-state index is 0.264. The number of hydrogen-bond acceptors (Lipinski definition) is 4. The molecule has 0 saturated heterocycles. The third-order valence-corrected chi connectivity index (χ3v) is 1.83. The molecule has 66 valence electrons. The summed E-state index contributed by atoms with van der Waals surface area (Å²) in [5.74, 6) is -0.456. The number of esters is 1. The van der Waals surface area contributed by atoms with Gasteiger partial charge in [-0.25, -0.2) is 4.79 Å². The van der Waals surface area contributed by atoms with Gasteiger partial charge in [0.25, 0.3) is 12.8 Å². The first-order valence-electron chi connectivity index (χ1n) is 3.72. The second-order valence-corrected chi connectivity index (χ2v) is 2.56. The third kappa shape index (κ3) is 1.16. The first-order chi connectivity index (χ1) is 6.33. The summed E-state index contributed by atoms with van der Waals surface area (Å²) in [5.41, 5.74) is 1.05. The molecule has 1 aliphatic rings. The van der Waals surface area contributed by atoms with Crippen LogP contribution in [-0.2, 0) is 14.3 Å². The molecule has 4 heteroatoms. The first kappa shape index (κ1) is 7.79. The average molecular weight is 178 g/mol. The number of benzene rings is 1. The number of ether oxygens (including phenoxy) is 2. The lowest BCUT2D eigenvalue weighted by molar-refractivity contribution is -0.151. The van der Waals surface area contributed by atoms with Crippen LogP contribution in [0, 0.1) is 0 Å². The van der Waals surface area contributed by atoms with Crippen molar-refractivity contribution in [3.8, 4) is 0 Å². The van der Waals surface area contributed by atoms with Crippen LogP contribution < -0.4 is 0 Å². The van der Waals surface area contributed by atoms with Gasteiger partial charge in [0.2, 0.25) is 0 Å². The molecule has 0 spiro atoms. The Balaban J connectivity index is 2.41. The lowest BCUT2D eigenvalue weighted by atomic mass is 10.1. The summed E-state index contributed by atoms with van der Waals surface area (Å²) < 4.78 is 9.36. The van der Waals surface area contributed by atoms with Crippen LogP contribution >= 0.6 is 0 Å². The van der Waals surface area contributed by atoms with Crippen molar-refractivity contribution in [3.05, 3.63) is 35.4 Å². The van der Waals surface area contributed by atoms with Crippen LogP contribution in [0.15, 0.2) is 24.3 Å². The van der Waals surface area contributed by atoms with Crippen molar-refractivity contribution in [3.63, 3.8) is 0 Å². The molecular weight excluding hydrogens is 172 g/mol. The van der Waals surface area contributed by atoms with E-state index in [1.807, 2.05) is 0 Å². The predicted molar refractivity (Wildman–Crippen MR) is 41.7 cm³/mol. The Labute approximate surface area is 74.1 Å². The fourth-order valence-corrected chi connectivity index (χ4v) is 1.26. The van der Waals surface area contributed by atoms with Gasteiger partial charge in [0, 0.05) is 5.56 Å². The minimum Gasteiger partial charge on any atom is -0.423 e. The lowest BCUT2D eigenvalue weighted by Gasteiger charge is -2.06. The predicted octanol–water partition coefficient (Wildman–Crippen LogP) is 1.03. The Morgan fingerprint density at radius 3 is 2.92 bits per heavy atom. The van der Waals surface area contributed by atoms with Gasteiger partial charge < -0.3 is 9.47 Å². The van der Waals surface area contributed by atoms with Crippen LogP contribution in [0.5, 0.6) is 0 Å². The van der Waals surface area contributed by atoms with Crippen LogP contribution in [-0.4, -0.2) is 12.4 Å². The summed E-state index contributed by atoms with van der Waals surface area (Å²) in [6.07, 6.45) is -0.874. The van der Waals surface area contributed by atoms with Crippen LogP contribution in [0.2, 0.25) is 0 Å². The van der Waals surface area contributed by atoms with E-state index in [1.54, 1.807) is 24.3 Å². The second-order valence-electron chi connectivity index (χ2n) is 2.56. The number of cyclic esters (lactones) is 1. The summed E-state index contributed by atoms with van der Waals surface area (Å²) in [7, 11) is 0. The molecule has 0 saturated carbocycles. The monoisotopic (exact) mass is 178 g/mol. The smallest absolute Gasteiger partial charge is 0.342 e. The van der Waals surface area contributed by atoms with E-state index >= 15 is 0 Å². The number of carbonyl (C=O) groups is 2. The molecule has 0 bridgehead atoms. The number of hydrogen-bond donors (Lipinski definition) is 0. The van der Waals surface area contributed by atoms with Gasteiger partial charge in [-0.05, 0) is 6.07 Å². The van der Waals surface area contributed by atoms with Crippen molar-refractivity contribution < 1.29 is 19.1 Å². The largest absolute Gasteiger partial charge is 0.423 e. The summed E-state index contributed by atoms with van der Waals surface area (Å²) in [5, 5.41) is 0. The second kappa shape index (κ2) is 2.90. The molecule has 0 aromatic heterocycles. The van der Waals surface area contributed by atoms with Gasteiger partial charge in [-0.2, -0.15) is 0 Å². The summed E-state index contributed by atoms with van der Waals surface area (Å²) in [6, 6.07) is 6.80. The van der Waals surface area contributed by atoms with Crippen LogP contribution in [0.4, 0.5) is 0 Å². The van der Waals surface area contributed by atoms with Crippen LogP contribution in [0.25, 0.3) is 0 Å². The van der Waals surface area contributed by atoms with Crippen molar-refractivity contribution in [1.29, 1.82) is 0 Å². The quantitative estimate of drug-likeness (QED) is 0.501. The molecule has 4 nitrogen and oxygen atoms in total. The topological polar surface area (TPSA) is 52.6 Å². The Hall–Kier alpha value is -1.84. The van der Waals surface area contributed by atoms with Crippen LogP contribution in [0.3, 0.4) is 0 Å². The molecule has 1 aromatic rings. The minimum atomic E-state index is -0.874. The van der Waals surface area contributed by atoms with Crippen molar-refractivity contribution >= 4 is 12.4 Å². The lowest BCUT2D eigenvalue weighted by Crippen LogP contribution is -2.02. The van der Waals surface area contributed by atoms with E-state index in [9.17, 15) is 9.59 Å². The van der Waals surface area contributed by atoms with E-state index in [0.717, 1.165) is 0 Å². The first-order valence-corrected chi connectivity index (χ1v) is 3.72. The van der Waals surface area contributed by atoms with Gasteiger partial charge in [0.1, 0.15) is 0 Å². The van der Waals surface area contributed by atoms with Crippen molar-refractivity contribution in [1.82, 2.24) is 0 Å². The van der Waals surface area contributed by atoms with Gasteiger partial charge in [-0.3, -0.25) is 4.79 Å². The summed E-state index contributed by atoms with van der Waals surface area (Å²) in [6.45, 7) is 0.264. The van der Waals surface area contributed by atoms with Crippen LogP contribution in [0.1, 0.15) is 22.2 Å². The molecule has 1 aromatic carbocycles. The molecule has 1 heterocycles. The molecule has 0 fully saturated rings. The number of carbonyl (C=O) groups excluding carboxylic acids is 2. The normalized spacial score (nSPS) is 19.1. The van der Waals surface area contributed by atoms with Gasteiger partial charge in [-0.1, -0.05) is 18.2 Å². The molecule has 13 heavy (non-hydrogen) atoms. The SMILES string of the molecule is O=CO[C@@H]1OC(=O)c2ccccc21. The highest BCUT2D eigenvalue weighted by Gasteiger charge is 2.31. The zero-order chi connectivity index (χ0) is 9.26. The molecule has 0 unspecified atom stereocenters. The summed E-state index contributed by atoms with van der Waals surface area (Å²) >= 11 is 0. The maximum Gasteiger partial charge on any atom is 0.342 e. The zero-order valence-electron chi connectivity index (χ0n) is 6.60. The van der Waals surface area contributed by atoms with Gasteiger partial charge >= 0.3 is 5.97 Å². The fourth-order valence-electron chi connectivity index (χ4n) is 1.26. The Morgan fingerprint density at radius 2 is 2.15 bits per heavy atom. The highest BCUT2D eigenvalue weighted by atomic mass is 16.7. The van der Waals surface area contributed by atoms with E-state index in [0.29, 0.717) is 11.1 Å². The molecule has 2 rings (SSSR count). The van der Waals surface area contributed by atoms with Gasteiger partial charge in [0.05, 0.1) is 5.56 Å². The number of fused-ring (bicyclic) bond motifs is 1. The van der Waals surface area contributed by atoms with Crippen molar-refractivity contribution in [2.24, 2.45) is 0 Å². The maximum atomic E-state index is 11.1. The fraction of sp³-hybridized carbons (Fsp3) is 0.111. The zero-order valence-corrected chi connectivity index (χ0v) is 6.60. The highest BCUT2D eigenvalue weighted by Crippen LogP contribution is 2.30. The molecule has 0 N–H and O–H groups in total. The van der Waals surface area contributed by atoms with E-state index in [4.69, 9.17) is 4.74 Å². The van der Waals surface area contributed by atoms with E-state index in [-0.39, 0.29) is 6.47 Å². The van der Waals surface area contributed by atoms with E-state index in [1.165, 1.54) is 0 Å². The molecule has 1 atom stereocenters. The Kier molecular flexibility index (Phi) is 1.73. The molecule has 0 amide bonds. The average Bonchev–Trinajstić information content (AvgIpc) is 2.46. The molecular formula is C9H6O4. The molecule has 1 aliphatic heterocycles. The number of rotatable bonds is 2. The highest BCUT2D eigenvalue weighted by molar-refractivity contribution is 5.93. The maximum absolute atomic E-state index is 11.1. The molecule has 0 aliphatic carbocycles. The van der Waals surface area contributed by atoms with E-state index in [2.05, 4.69) is 4.74 Å². The standard InChI is InChI=1S/C9H6O4/c10-5-12-9-7-4-2-1-3-6(7)8(11)13-9/h1-5,9H/t9-/m1/s1. The third-order valence-electron chi connectivity index (χ3n) is 1.83. The molecule has 0 radical (unpaired) electrons. The van der Waals surface area contributed by atoms with Crippen molar-refractivity contribution in [2.45, 2.75) is 6.29 Å². The van der Waals surface area contributed by atoms with Gasteiger partial charge in [-0.15, -0.1) is 0 Å². The van der Waals surface area contributed by atoms with E-state index < -0.39 is 12.3 Å². The van der Waals surface area contributed by atoms with Crippen molar-refractivity contribution in [2.75, 3.05) is 0 Å². The van der Waals surface area contributed by atoms with Gasteiger partial charge in [0.15, 0.2) is 0 Å². The Morgan fingerprint density at radius 1 is 1.38 bits per heavy atom. The summed E-state index contributed by atoms with van der Waals surface area (Å²) in [4.78, 5) is 21.2.